The van der Waals surface area contributed by atoms with Crippen molar-refractivity contribution in [2.24, 2.45) is 0 Å². The Kier molecular flexibility index (Phi) is 6.36. The molecule has 0 aliphatic rings. The van der Waals surface area contributed by atoms with Crippen LogP contribution in [0.1, 0.15) is 29.9 Å². The quantitative estimate of drug-likeness (QED) is 0.612. The van der Waals surface area contributed by atoms with E-state index in [2.05, 4.69) is 54.6 Å². The lowest BCUT2D eigenvalue weighted by Crippen LogP contribution is -1.95. The molecule has 110 valence electrons. The number of allylic oxidation sites excluding steroid dienone is 1. The normalized spacial score (nSPS) is 12.5. The molecular formula is C19H21ClO. The molecule has 0 saturated heterocycles. The molecule has 0 aliphatic heterocycles. The van der Waals surface area contributed by atoms with Crippen LogP contribution in [0, 0.1) is 0 Å². The summed E-state index contributed by atoms with van der Waals surface area (Å²) in [6.07, 6.45) is 6.53. The minimum Gasteiger partial charge on any atom is -0.497 e. The number of methoxy groups -OCH3 is 1. The van der Waals surface area contributed by atoms with Gasteiger partial charge in [-0.15, -0.1) is 11.6 Å². The van der Waals surface area contributed by atoms with Crippen LogP contribution < -0.4 is 4.74 Å². The molecule has 0 amide bonds. The third-order valence-electron chi connectivity index (χ3n) is 3.51. The number of ether oxygens (including phenoxy) is 1. The molecule has 0 spiro atoms. The van der Waals surface area contributed by atoms with E-state index in [-0.39, 0.29) is 0 Å². The molecule has 0 saturated carbocycles. The first kappa shape index (κ1) is 15.7. The standard InChI is InChI=1S/C19H21ClO/c1-21-19-13-10-16(11-14-19)9-12-18(8-5-15-20)17-6-3-2-4-7-17/h2-4,6-7,9-14,18H,5,8,15H2,1H3/b12-9+/t18-/m0/s1. The minimum absolute atomic E-state index is 0.409. The second-order valence-electron chi connectivity index (χ2n) is 4.98. The third kappa shape index (κ3) is 4.95. The van der Waals surface area contributed by atoms with E-state index in [4.69, 9.17) is 16.3 Å². The zero-order chi connectivity index (χ0) is 14.9. The SMILES string of the molecule is COc1ccc(/C=C/[C@H](CCCCl)c2ccccc2)cc1. The molecule has 0 aromatic heterocycles. The van der Waals surface area contributed by atoms with Gasteiger partial charge in [0.1, 0.15) is 5.75 Å². The molecular weight excluding hydrogens is 280 g/mol. The number of hydrogen-bond acceptors (Lipinski definition) is 1. The highest BCUT2D eigenvalue weighted by atomic mass is 35.5. The van der Waals surface area contributed by atoms with Gasteiger partial charge in [-0.25, -0.2) is 0 Å². The van der Waals surface area contributed by atoms with Gasteiger partial charge in [-0.05, 0) is 36.1 Å². The Hall–Kier alpha value is -1.73. The van der Waals surface area contributed by atoms with Gasteiger partial charge in [-0.3, -0.25) is 0 Å². The summed E-state index contributed by atoms with van der Waals surface area (Å²) in [5, 5.41) is 0. The maximum atomic E-state index is 5.85. The van der Waals surface area contributed by atoms with E-state index in [1.165, 1.54) is 11.1 Å². The van der Waals surface area contributed by atoms with Gasteiger partial charge in [0.2, 0.25) is 0 Å². The van der Waals surface area contributed by atoms with Crippen molar-refractivity contribution >= 4 is 17.7 Å². The molecule has 0 bridgehead atoms. The molecule has 0 N–H and O–H groups in total. The lowest BCUT2D eigenvalue weighted by atomic mass is 9.93. The van der Waals surface area contributed by atoms with Crippen LogP contribution in [0.3, 0.4) is 0 Å². The van der Waals surface area contributed by atoms with E-state index in [1.54, 1.807) is 7.11 Å². The van der Waals surface area contributed by atoms with Crippen LogP contribution >= 0.6 is 11.6 Å². The van der Waals surface area contributed by atoms with Crippen molar-refractivity contribution in [2.75, 3.05) is 13.0 Å². The summed E-state index contributed by atoms with van der Waals surface area (Å²) < 4.78 is 5.18. The molecule has 2 heteroatoms. The van der Waals surface area contributed by atoms with Gasteiger partial charge < -0.3 is 4.74 Å². The van der Waals surface area contributed by atoms with E-state index in [0.717, 1.165) is 18.6 Å². The largest absolute Gasteiger partial charge is 0.497 e. The molecule has 0 aliphatic carbocycles. The van der Waals surface area contributed by atoms with Crippen LogP contribution in [0.5, 0.6) is 5.75 Å². The van der Waals surface area contributed by atoms with Crippen LogP contribution in [0.2, 0.25) is 0 Å². The summed E-state index contributed by atoms with van der Waals surface area (Å²) in [5.41, 5.74) is 2.52. The molecule has 0 unspecified atom stereocenters. The highest BCUT2D eigenvalue weighted by Crippen LogP contribution is 2.24. The van der Waals surface area contributed by atoms with Gasteiger partial charge in [-0.1, -0.05) is 54.6 Å². The van der Waals surface area contributed by atoms with Gasteiger partial charge in [0.25, 0.3) is 0 Å². The lowest BCUT2D eigenvalue weighted by Gasteiger charge is -2.12. The van der Waals surface area contributed by atoms with Crippen molar-refractivity contribution in [3.63, 3.8) is 0 Å². The summed E-state index contributed by atoms with van der Waals surface area (Å²) in [7, 11) is 1.68. The Balaban J connectivity index is 2.11. The van der Waals surface area contributed by atoms with Crippen LogP contribution in [-0.2, 0) is 0 Å². The fraction of sp³-hybridized carbons (Fsp3) is 0.263. The molecule has 2 rings (SSSR count). The van der Waals surface area contributed by atoms with Crippen LogP contribution in [0.4, 0.5) is 0 Å². The molecule has 0 fully saturated rings. The smallest absolute Gasteiger partial charge is 0.118 e. The van der Waals surface area contributed by atoms with Crippen LogP contribution in [-0.4, -0.2) is 13.0 Å². The van der Waals surface area contributed by atoms with Crippen molar-refractivity contribution in [3.05, 3.63) is 71.8 Å². The molecule has 1 atom stereocenters. The van der Waals surface area contributed by atoms with Crippen molar-refractivity contribution in [1.29, 1.82) is 0 Å². The molecule has 0 radical (unpaired) electrons. The molecule has 2 aromatic rings. The van der Waals surface area contributed by atoms with Crippen molar-refractivity contribution in [2.45, 2.75) is 18.8 Å². The predicted molar refractivity (Wildman–Crippen MR) is 91.2 cm³/mol. The first-order valence-electron chi connectivity index (χ1n) is 7.26. The van der Waals surface area contributed by atoms with Crippen molar-refractivity contribution in [1.82, 2.24) is 0 Å². The Morgan fingerprint density at radius 2 is 1.76 bits per heavy atom. The van der Waals surface area contributed by atoms with Gasteiger partial charge >= 0.3 is 0 Å². The van der Waals surface area contributed by atoms with E-state index >= 15 is 0 Å². The fourth-order valence-electron chi connectivity index (χ4n) is 2.31. The Bertz CT molecular complexity index is 546. The zero-order valence-corrected chi connectivity index (χ0v) is 13.1. The summed E-state index contributed by atoms with van der Waals surface area (Å²) >= 11 is 5.85. The van der Waals surface area contributed by atoms with E-state index < -0.39 is 0 Å². The minimum atomic E-state index is 0.409. The number of hydrogen-bond donors (Lipinski definition) is 0. The zero-order valence-electron chi connectivity index (χ0n) is 12.3. The maximum Gasteiger partial charge on any atom is 0.118 e. The Morgan fingerprint density at radius 1 is 1.05 bits per heavy atom. The molecule has 1 nitrogen and oxygen atoms in total. The first-order valence-corrected chi connectivity index (χ1v) is 7.80. The van der Waals surface area contributed by atoms with Gasteiger partial charge in [-0.2, -0.15) is 0 Å². The Morgan fingerprint density at radius 3 is 2.38 bits per heavy atom. The number of benzene rings is 2. The maximum absolute atomic E-state index is 5.85. The number of alkyl halides is 1. The predicted octanol–water partition coefficient (Wildman–Crippen LogP) is 5.51. The third-order valence-corrected chi connectivity index (χ3v) is 3.78. The van der Waals surface area contributed by atoms with Gasteiger partial charge in [0.15, 0.2) is 0 Å². The summed E-state index contributed by atoms with van der Waals surface area (Å²) in [4.78, 5) is 0. The van der Waals surface area contributed by atoms with Crippen LogP contribution in [0.25, 0.3) is 6.08 Å². The van der Waals surface area contributed by atoms with E-state index in [1.807, 2.05) is 12.1 Å². The van der Waals surface area contributed by atoms with Gasteiger partial charge in [0.05, 0.1) is 7.11 Å². The number of halogens is 1. The highest BCUT2D eigenvalue weighted by Gasteiger charge is 2.07. The van der Waals surface area contributed by atoms with E-state index in [0.29, 0.717) is 11.8 Å². The summed E-state index contributed by atoms with van der Waals surface area (Å²) in [6, 6.07) is 18.7. The lowest BCUT2D eigenvalue weighted by molar-refractivity contribution is 0.415. The topological polar surface area (TPSA) is 9.23 Å². The monoisotopic (exact) mass is 300 g/mol. The highest BCUT2D eigenvalue weighted by molar-refractivity contribution is 6.17. The van der Waals surface area contributed by atoms with Crippen molar-refractivity contribution in [3.8, 4) is 5.75 Å². The van der Waals surface area contributed by atoms with Crippen LogP contribution in [0.15, 0.2) is 60.7 Å². The molecule has 2 aromatic carbocycles. The average molecular weight is 301 g/mol. The second kappa shape index (κ2) is 8.53. The van der Waals surface area contributed by atoms with Crippen molar-refractivity contribution < 1.29 is 4.74 Å². The summed E-state index contributed by atoms with van der Waals surface area (Å²) in [6.45, 7) is 0. The van der Waals surface area contributed by atoms with Gasteiger partial charge in [0, 0.05) is 11.8 Å². The fourth-order valence-corrected chi connectivity index (χ4v) is 2.47. The second-order valence-corrected chi connectivity index (χ2v) is 5.36. The van der Waals surface area contributed by atoms with E-state index in [9.17, 15) is 0 Å². The summed E-state index contributed by atoms with van der Waals surface area (Å²) in [5.74, 6) is 2.00. The average Bonchev–Trinajstić information content (AvgIpc) is 2.56. The Labute approximate surface area is 132 Å². The first-order chi connectivity index (χ1) is 10.3. The molecule has 21 heavy (non-hydrogen) atoms. The number of rotatable bonds is 7. The molecule has 0 heterocycles.